The van der Waals surface area contributed by atoms with E-state index in [1.807, 2.05) is 0 Å². The average Bonchev–Trinajstić information content (AvgIpc) is 2.71. The van der Waals surface area contributed by atoms with Gasteiger partial charge in [-0.05, 0) is 51.1 Å². The highest BCUT2D eigenvalue weighted by Gasteiger charge is 2.16. The van der Waals surface area contributed by atoms with Crippen LogP contribution in [0.2, 0.25) is 0 Å². The van der Waals surface area contributed by atoms with Crippen LogP contribution in [0.5, 0.6) is 5.75 Å². The summed E-state index contributed by atoms with van der Waals surface area (Å²) in [5.74, 6) is -2.05. The van der Waals surface area contributed by atoms with E-state index < -0.39 is 18.0 Å². The van der Waals surface area contributed by atoms with Crippen molar-refractivity contribution < 1.29 is 39.5 Å². The first-order chi connectivity index (χ1) is 14.2. The van der Waals surface area contributed by atoms with Crippen molar-refractivity contribution in [3.63, 3.8) is 0 Å². The van der Waals surface area contributed by atoms with Crippen LogP contribution < -0.4 is 4.74 Å². The number of carbonyl (C=O) groups is 3. The topological polar surface area (TPSA) is 145 Å². The molecule has 1 aromatic rings. The summed E-state index contributed by atoms with van der Waals surface area (Å²) >= 11 is 0. The molecule has 166 valence electrons. The predicted molar refractivity (Wildman–Crippen MR) is 109 cm³/mol. The van der Waals surface area contributed by atoms with E-state index in [-0.39, 0.29) is 19.0 Å². The van der Waals surface area contributed by atoms with Crippen LogP contribution in [0.25, 0.3) is 0 Å². The van der Waals surface area contributed by atoms with E-state index in [0.29, 0.717) is 35.6 Å². The normalized spacial score (nSPS) is 15.2. The van der Waals surface area contributed by atoms with Crippen LogP contribution in [-0.4, -0.2) is 75.4 Å². The van der Waals surface area contributed by atoms with Crippen LogP contribution in [0.1, 0.15) is 42.1 Å². The van der Waals surface area contributed by atoms with E-state index in [1.165, 1.54) is 26.2 Å². The molecule has 2 rings (SSSR count). The number of carbonyl (C=O) groups excluding carboxylic acids is 1. The van der Waals surface area contributed by atoms with Crippen molar-refractivity contribution in [2.75, 3.05) is 26.2 Å². The Morgan fingerprint density at radius 1 is 1.10 bits per heavy atom. The summed E-state index contributed by atoms with van der Waals surface area (Å²) < 4.78 is 5.62. The number of aliphatic carboxylic acids is 2. The Labute approximate surface area is 175 Å². The van der Waals surface area contributed by atoms with E-state index in [4.69, 9.17) is 14.9 Å². The molecule has 1 aliphatic rings. The van der Waals surface area contributed by atoms with Crippen molar-refractivity contribution in [3.05, 3.63) is 41.5 Å². The maximum atomic E-state index is 11.3. The Balaban J connectivity index is 0.000000479. The van der Waals surface area contributed by atoms with E-state index in [0.717, 1.165) is 13.1 Å². The van der Waals surface area contributed by atoms with Gasteiger partial charge >= 0.3 is 11.9 Å². The number of aliphatic hydroxyl groups excluding tert-OH is 2. The van der Waals surface area contributed by atoms with E-state index in [1.54, 1.807) is 18.2 Å². The van der Waals surface area contributed by atoms with Crippen LogP contribution in [0.3, 0.4) is 0 Å². The number of hydrogen-bond donors (Lipinski definition) is 4. The molecule has 0 radical (unpaired) electrons. The molecule has 0 bridgehead atoms. The second kappa shape index (κ2) is 13.5. The minimum absolute atomic E-state index is 0.0496. The maximum Gasteiger partial charge on any atom is 0.328 e. The van der Waals surface area contributed by atoms with Gasteiger partial charge in [0.05, 0.1) is 6.61 Å². The summed E-state index contributed by atoms with van der Waals surface area (Å²) in [6.45, 7) is 4.15. The minimum atomic E-state index is -1.26. The van der Waals surface area contributed by atoms with Gasteiger partial charge in [0, 0.05) is 29.8 Å². The molecule has 1 heterocycles. The molecular weight excluding hydrogens is 394 g/mol. The molecule has 1 fully saturated rings. The fourth-order valence-electron chi connectivity index (χ4n) is 2.88. The van der Waals surface area contributed by atoms with E-state index in [2.05, 4.69) is 4.90 Å². The van der Waals surface area contributed by atoms with E-state index in [9.17, 15) is 24.6 Å². The second-order valence-electron chi connectivity index (χ2n) is 6.87. The Kier molecular flexibility index (Phi) is 11.4. The molecule has 0 aliphatic carbocycles. The van der Waals surface area contributed by atoms with Gasteiger partial charge in [0.15, 0.2) is 5.78 Å². The highest BCUT2D eigenvalue weighted by atomic mass is 16.5. The van der Waals surface area contributed by atoms with Crippen molar-refractivity contribution in [2.45, 2.75) is 38.9 Å². The molecule has 0 spiro atoms. The molecule has 1 atom stereocenters. The van der Waals surface area contributed by atoms with Crippen LogP contribution in [0.4, 0.5) is 0 Å². The number of carboxylic acid groups (broad SMARTS) is 2. The van der Waals surface area contributed by atoms with Gasteiger partial charge in [0.25, 0.3) is 0 Å². The monoisotopic (exact) mass is 423 g/mol. The van der Waals surface area contributed by atoms with Gasteiger partial charge in [-0.3, -0.25) is 4.79 Å². The van der Waals surface area contributed by atoms with Gasteiger partial charge in [0.2, 0.25) is 0 Å². The Bertz CT molecular complexity index is 725. The molecule has 1 saturated heterocycles. The van der Waals surface area contributed by atoms with Gasteiger partial charge < -0.3 is 30.1 Å². The molecule has 9 heteroatoms. The largest absolute Gasteiger partial charge is 0.490 e. The Morgan fingerprint density at radius 3 is 2.20 bits per heavy atom. The van der Waals surface area contributed by atoms with Crippen molar-refractivity contribution in [1.82, 2.24) is 4.90 Å². The molecule has 0 saturated carbocycles. The number of likely N-dealkylation sites (tertiary alicyclic amines) is 1. The average molecular weight is 423 g/mol. The van der Waals surface area contributed by atoms with Crippen LogP contribution in [-0.2, 0) is 16.2 Å². The lowest BCUT2D eigenvalue weighted by Gasteiger charge is -2.28. The van der Waals surface area contributed by atoms with Gasteiger partial charge in [-0.15, -0.1) is 0 Å². The van der Waals surface area contributed by atoms with Gasteiger partial charge in [-0.1, -0.05) is 6.42 Å². The second-order valence-corrected chi connectivity index (χ2v) is 6.87. The molecule has 4 N–H and O–H groups in total. The molecule has 0 amide bonds. The molecule has 0 aromatic heterocycles. The van der Waals surface area contributed by atoms with Crippen molar-refractivity contribution >= 4 is 17.7 Å². The van der Waals surface area contributed by atoms with Gasteiger partial charge in [-0.25, -0.2) is 9.59 Å². The summed E-state index contributed by atoms with van der Waals surface area (Å²) in [6, 6.07) is 4.98. The molecule has 9 nitrogen and oxygen atoms in total. The number of piperidine rings is 1. The zero-order valence-corrected chi connectivity index (χ0v) is 17.0. The fourth-order valence-corrected chi connectivity index (χ4v) is 2.88. The number of nitrogens with zero attached hydrogens (tertiary/aromatic N) is 1. The number of Topliss-reactive ketones (excluding diaryl/α,β-unsaturated/α-hetero) is 1. The number of hydrogen-bond acceptors (Lipinski definition) is 7. The first-order valence-corrected chi connectivity index (χ1v) is 9.64. The van der Waals surface area contributed by atoms with Crippen LogP contribution in [0.15, 0.2) is 30.4 Å². The van der Waals surface area contributed by atoms with Crippen LogP contribution >= 0.6 is 0 Å². The number of carboxylic acids is 2. The standard InChI is InChI=1S/C17H25NO4.C4H4O4/c1-13(20)14-5-6-17(15(9-14)11-19)22-12-16(21)10-18-7-3-2-4-8-18;5-3(6)1-2-4(7)8/h5-6,9,16,19,21H,2-4,7-8,10-12H2,1H3;1-2H,(H,5,6)(H,7,8). The lowest BCUT2D eigenvalue weighted by molar-refractivity contribution is -0.134. The van der Waals surface area contributed by atoms with E-state index >= 15 is 0 Å². The number of β-amino-alcohol motifs (C(OH)–C–C–N with tert-alkyl or cyclic N) is 1. The highest BCUT2D eigenvalue weighted by Crippen LogP contribution is 2.21. The lowest BCUT2D eigenvalue weighted by atomic mass is 10.1. The Hall–Kier alpha value is -2.75. The van der Waals surface area contributed by atoms with Crippen LogP contribution in [0, 0.1) is 0 Å². The number of rotatable bonds is 9. The fraction of sp³-hybridized carbons (Fsp3) is 0.476. The molecule has 1 aliphatic heterocycles. The third-order valence-electron chi connectivity index (χ3n) is 4.35. The van der Waals surface area contributed by atoms with Gasteiger partial charge in [0.1, 0.15) is 18.5 Å². The molecule has 1 aromatic carbocycles. The third kappa shape index (κ3) is 10.1. The smallest absolute Gasteiger partial charge is 0.328 e. The number of ether oxygens (including phenoxy) is 1. The summed E-state index contributed by atoms with van der Waals surface area (Å²) in [4.78, 5) is 32.7. The highest BCUT2D eigenvalue weighted by molar-refractivity contribution is 5.94. The number of aliphatic hydroxyl groups is 2. The zero-order chi connectivity index (χ0) is 22.5. The quantitative estimate of drug-likeness (QED) is 0.341. The van der Waals surface area contributed by atoms with Crippen molar-refractivity contribution in [3.8, 4) is 5.75 Å². The summed E-state index contributed by atoms with van der Waals surface area (Å²) in [5, 5.41) is 35.1. The van der Waals surface area contributed by atoms with Crippen molar-refractivity contribution in [2.24, 2.45) is 0 Å². The molecule has 30 heavy (non-hydrogen) atoms. The maximum absolute atomic E-state index is 11.3. The zero-order valence-electron chi connectivity index (χ0n) is 17.0. The Morgan fingerprint density at radius 2 is 1.70 bits per heavy atom. The summed E-state index contributed by atoms with van der Waals surface area (Å²) in [5.41, 5.74) is 1.11. The first kappa shape index (κ1) is 25.3. The lowest BCUT2D eigenvalue weighted by Crippen LogP contribution is -2.38. The van der Waals surface area contributed by atoms with Gasteiger partial charge in [-0.2, -0.15) is 0 Å². The SMILES string of the molecule is CC(=O)c1ccc(OCC(O)CN2CCCCC2)c(CO)c1.O=C(O)C=CC(=O)O. The minimum Gasteiger partial charge on any atom is -0.490 e. The first-order valence-electron chi connectivity index (χ1n) is 9.64. The summed E-state index contributed by atoms with van der Waals surface area (Å²) in [6.07, 6.45) is 4.21. The summed E-state index contributed by atoms with van der Waals surface area (Å²) in [7, 11) is 0. The third-order valence-corrected chi connectivity index (χ3v) is 4.35. The number of ketones is 1. The van der Waals surface area contributed by atoms with Crippen molar-refractivity contribution in [1.29, 1.82) is 0 Å². The molecular formula is C21H29NO8. The molecule has 1 unspecified atom stereocenters. The predicted octanol–water partition coefficient (Wildman–Crippen LogP) is 1.32. The number of benzene rings is 1.